The monoisotopic (exact) mass is 556 g/mol. The van der Waals surface area contributed by atoms with Crippen LogP contribution in [0.25, 0.3) is 11.1 Å². The van der Waals surface area contributed by atoms with E-state index >= 15 is 0 Å². The third-order valence-electron chi connectivity index (χ3n) is 5.87. The fraction of sp³-hybridized carbons (Fsp3) is 0.200. The van der Waals surface area contributed by atoms with E-state index in [0.717, 1.165) is 4.88 Å². The lowest BCUT2D eigenvalue weighted by Gasteiger charge is -2.16. The molecule has 0 bridgehead atoms. The third kappa shape index (κ3) is 4.92. The predicted octanol–water partition coefficient (Wildman–Crippen LogP) is 5.31. The molecule has 38 heavy (non-hydrogen) atoms. The van der Waals surface area contributed by atoms with Crippen LogP contribution in [0, 0.1) is 6.92 Å². The largest absolute Gasteiger partial charge is 0.494 e. The third-order valence-corrected chi connectivity index (χ3v) is 7.07. The molecule has 194 valence electrons. The molecule has 9 nitrogen and oxygen atoms in total. The Morgan fingerprint density at radius 1 is 1.16 bits per heavy atom. The van der Waals surface area contributed by atoms with E-state index in [1.54, 1.807) is 19.1 Å². The number of ether oxygens (including phenoxy) is 1. The highest BCUT2D eigenvalue weighted by molar-refractivity contribution is 7.16. The molecule has 0 atom stereocenters. The molecule has 5 rings (SSSR count). The second-order valence-electron chi connectivity index (χ2n) is 8.32. The molecule has 0 radical (unpaired) electrons. The summed E-state index contributed by atoms with van der Waals surface area (Å²) in [7, 11) is 1.50. The van der Waals surface area contributed by atoms with Gasteiger partial charge in [-0.25, -0.2) is 18.7 Å². The van der Waals surface area contributed by atoms with E-state index in [4.69, 9.17) is 16.3 Å². The van der Waals surface area contributed by atoms with Crippen LogP contribution in [-0.2, 0) is 13.1 Å². The number of anilines is 1. The van der Waals surface area contributed by atoms with Crippen LogP contribution >= 0.6 is 22.9 Å². The van der Waals surface area contributed by atoms with Gasteiger partial charge in [0.2, 0.25) is 0 Å². The number of halogens is 3. The van der Waals surface area contributed by atoms with Gasteiger partial charge in [-0.05, 0) is 31.2 Å². The molecule has 4 aromatic heterocycles. The number of methoxy groups -OCH3 is 1. The molecule has 5 heterocycles. The quantitative estimate of drug-likeness (QED) is 0.320. The predicted molar refractivity (Wildman–Crippen MR) is 137 cm³/mol. The molecule has 13 heteroatoms. The van der Waals surface area contributed by atoms with Crippen LogP contribution in [0.2, 0.25) is 5.15 Å². The highest BCUT2D eigenvalue weighted by Crippen LogP contribution is 2.36. The van der Waals surface area contributed by atoms with Gasteiger partial charge in [-0.3, -0.25) is 24.9 Å². The average molecular weight is 557 g/mol. The summed E-state index contributed by atoms with van der Waals surface area (Å²) in [4.78, 5) is 44.9. The fourth-order valence-electron chi connectivity index (χ4n) is 4.08. The molecule has 0 saturated carbocycles. The number of hydrogen-bond donors (Lipinski definition) is 1. The lowest BCUT2D eigenvalue weighted by atomic mass is 10.0. The summed E-state index contributed by atoms with van der Waals surface area (Å²) in [6.07, 6.45) is 1.43. The van der Waals surface area contributed by atoms with Crippen LogP contribution in [0.1, 0.15) is 49.1 Å². The molecule has 1 N–H and O–H groups in total. The van der Waals surface area contributed by atoms with Crippen LogP contribution in [0.15, 0.2) is 42.9 Å². The minimum Gasteiger partial charge on any atom is -0.494 e. The number of fused-ring (bicyclic) bond motifs is 1. The number of aryl methyl sites for hydroxylation is 1. The summed E-state index contributed by atoms with van der Waals surface area (Å²) in [6, 6.07) is 5.91. The van der Waals surface area contributed by atoms with Crippen LogP contribution in [0.3, 0.4) is 0 Å². The maximum Gasteiger partial charge on any atom is 0.273 e. The number of pyridine rings is 3. The van der Waals surface area contributed by atoms with Gasteiger partial charge in [0.25, 0.3) is 18.2 Å². The van der Waals surface area contributed by atoms with Crippen LogP contribution < -0.4 is 10.1 Å². The average Bonchev–Trinajstić information content (AvgIpc) is 3.47. The summed E-state index contributed by atoms with van der Waals surface area (Å²) in [6.45, 7) is 2.09. The lowest BCUT2D eigenvalue weighted by molar-refractivity contribution is 0.0731. The Labute approximate surface area is 224 Å². The lowest BCUT2D eigenvalue weighted by Crippen LogP contribution is -2.27. The van der Waals surface area contributed by atoms with E-state index in [2.05, 4.69) is 25.3 Å². The Kier molecular flexibility index (Phi) is 7.00. The zero-order valence-corrected chi connectivity index (χ0v) is 21.6. The Balaban J connectivity index is 1.36. The van der Waals surface area contributed by atoms with E-state index in [1.807, 2.05) is 0 Å². The van der Waals surface area contributed by atoms with Gasteiger partial charge in [-0.15, -0.1) is 0 Å². The van der Waals surface area contributed by atoms with Crippen molar-refractivity contribution >= 4 is 39.9 Å². The maximum absolute atomic E-state index is 13.3. The van der Waals surface area contributed by atoms with Gasteiger partial charge in [-0.2, -0.15) is 0 Å². The molecule has 0 unspecified atom stereocenters. The molecule has 0 fully saturated rings. The van der Waals surface area contributed by atoms with Crippen molar-refractivity contribution in [2.45, 2.75) is 26.4 Å². The van der Waals surface area contributed by atoms with Crippen molar-refractivity contribution in [1.82, 2.24) is 24.8 Å². The van der Waals surface area contributed by atoms with Gasteiger partial charge < -0.3 is 9.64 Å². The Morgan fingerprint density at radius 3 is 2.71 bits per heavy atom. The smallest absolute Gasteiger partial charge is 0.273 e. The SMILES string of the molecule is COc1cnc(Cl)cc1-c1cc(C)ncc1C(=O)Nc1nc2c(s1)CN(C(=O)c1ncccc1C(F)F)C2. The van der Waals surface area contributed by atoms with E-state index in [-0.39, 0.29) is 29.5 Å². The van der Waals surface area contributed by atoms with E-state index in [1.165, 1.54) is 54.1 Å². The highest BCUT2D eigenvalue weighted by atomic mass is 35.5. The first-order chi connectivity index (χ1) is 18.2. The van der Waals surface area contributed by atoms with Crippen molar-refractivity contribution < 1.29 is 23.1 Å². The number of aromatic nitrogens is 4. The van der Waals surface area contributed by atoms with Crippen molar-refractivity contribution in [3.8, 4) is 16.9 Å². The molecular formula is C25H19ClF2N6O3S. The van der Waals surface area contributed by atoms with Gasteiger partial charge in [0, 0.05) is 34.8 Å². The van der Waals surface area contributed by atoms with Gasteiger partial charge in [0.15, 0.2) is 5.13 Å². The van der Waals surface area contributed by atoms with Crippen molar-refractivity contribution in [3.05, 3.63) is 81.1 Å². The zero-order chi connectivity index (χ0) is 27.0. The summed E-state index contributed by atoms with van der Waals surface area (Å²) in [5, 5.41) is 3.37. The summed E-state index contributed by atoms with van der Waals surface area (Å²) in [5.74, 6) is -0.607. The number of thiazole rings is 1. The number of alkyl halides is 2. The second kappa shape index (κ2) is 10.4. The number of rotatable bonds is 6. The van der Waals surface area contributed by atoms with E-state index < -0.39 is 23.8 Å². The minimum atomic E-state index is -2.82. The number of hydrogen-bond acceptors (Lipinski definition) is 8. The minimum absolute atomic E-state index is 0.115. The standard InChI is InChI=1S/C25H19ClF2N6O3S/c1-12-6-14(15-7-20(26)31-9-18(15)37-2)16(8-30-12)23(35)33-25-32-17-10-34(11-19(17)38-25)24(36)21-13(22(27)28)4-3-5-29-21/h3-9,22H,10-11H2,1-2H3,(H,32,33,35). The molecule has 4 aromatic rings. The van der Waals surface area contributed by atoms with Crippen LogP contribution in [-0.4, -0.2) is 43.8 Å². The zero-order valence-electron chi connectivity index (χ0n) is 20.0. The van der Waals surface area contributed by atoms with Gasteiger partial charge in [0.05, 0.1) is 42.5 Å². The molecule has 1 aliphatic rings. The van der Waals surface area contributed by atoms with Crippen LogP contribution in [0.5, 0.6) is 5.75 Å². The Morgan fingerprint density at radius 2 is 1.97 bits per heavy atom. The Bertz CT molecular complexity index is 1540. The molecule has 0 spiro atoms. The first-order valence-corrected chi connectivity index (χ1v) is 12.4. The molecule has 0 aliphatic carbocycles. The van der Waals surface area contributed by atoms with Crippen LogP contribution in [0.4, 0.5) is 13.9 Å². The summed E-state index contributed by atoms with van der Waals surface area (Å²) < 4.78 is 32.1. The number of nitrogens with one attached hydrogen (secondary N) is 1. The van der Waals surface area contributed by atoms with Crippen molar-refractivity contribution in [2.75, 3.05) is 12.4 Å². The van der Waals surface area contributed by atoms with E-state index in [0.29, 0.717) is 33.4 Å². The molecule has 1 aliphatic heterocycles. The molecule has 0 aromatic carbocycles. The first kappa shape index (κ1) is 25.6. The summed E-state index contributed by atoms with van der Waals surface area (Å²) >= 11 is 7.31. The number of amides is 2. The maximum atomic E-state index is 13.3. The van der Waals surface area contributed by atoms with Gasteiger partial charge >= 0.3 is 0 Å². The normalized spacial score (nSPS) is 12.5. The molecule has 0 saturated heterocycles. The topological polar surface area (TPSA) is 110 Å². The summed E-state index contributed by atoms with van der Waals surface area (Å²) in [5.41, 5.74) is 1.99. The fourth-order valence-corrected chi connectivity index (χ4v) is 5.22. The Hall–Kier alpha value is -4.03. The molecule has 2 amide bonds. The first-order valence-electron chi connectivity index (χ1n) is 11.2. The number of nitrogens with zero attached hydrogens (tertiary/aromatic N) is 5. The number of carbonyl (C=O) groups is 2. The van der Waals surface area contributed by atoms with Gasteiger partial charge in [-0.1, -0.05) is 22.9 Å². The van der Waals surface area contributed by atoms with Crippen molar-refractivity contribution in [1.29, 1.82) is 0 Å². The highest BCUT2D eigenvalue weighted by Gasteiger charge is 2.31. The molecular weight excluding hydrogens is 538 g/mol. The van der Waals surface area contributed by atoms with Crippen molar-refractivity contribution in [2.24, 2.45) is 0 Å². The van der Waals surface area contributed by atoms with Gasteiger partial charge in [0.1, 0.15) is 16.6 Å². The second-order valence-corrected chi connectivity index (χ2v) is 9.80. The van der Waals surface area contributed by atoms with Crippen molar-refractivity contribution in [3.63, 3.8) is 0 Å². The number of carbonyl (C=O) groups excluding carboxylic acids is 2. The van der Waals surface area contributed by atoms with E-state index in [9.17, 15) is 18.4 Å².